The average molecular weight is 391 g/mol. The van der Waals surface area contributed by atoms with Gasteiger partial charge in [-0.3, -0.25) is 10.1 Å². The predicted molar refractivity (Wildman–Crippen MR) is 60.2 cm³/mol. The third kappa shape index (κ3) is 1.79. The monoisotopic (exact) mass is 391 g/mol. The lowest BCUT2D eigenvalue weighted by molar-refractivity contribution is -0.386. The second-order valence-corrected chi connectivity index (χ2v) is 4.23. The number of hydrogen-bond donors (Lipinski definition) is 1. The molecule has 0 heterocycles. The van der Waals surface area contributed by atoms with Crippen LogP contribution < -0.4 is 0 Å². The van der Waals surface area contributed by atoms with E-state index in [1.807, 2.05) is 45.2 Å². The molecule has 4 nitrogen and oxygen atoms in total. The highest BCUT2D eigenvalue weighted by molar-refractivity contribution is 14.1. The van der Waals surface area contributed by atoms with Gasteiger partial charge in [-0.1, -0.05) is 0 Å². The molecule has 0 spiro atoms. The Morgan fingerprint density at radius 2 is 2.00 bits per heavy atom. The molecule has 0 atom stereocenters. The molecule has 1 aromatic rings. The molecule has 0 radical (unpaired) electrons. The van der Waals surface area contributed by atoms with Crippen LogP contribution in [-0.4, -0.2) is 10.0 Å². The number of nitro groups is 1. The van der Waals surface area contributed by atoms with Crippen molar-refractivity contribution in [2.75, 3.05) is 0 Å². The molecule has 0 unspecified atom stereocenters. The van der Waals surface area contributed by atoms with Crippen LogP contribution in [-0.2, 0) is 0 Å². The van der Waals surface area contributed by atoms with Crippen LogP contribution in [0.1, 0.15) is 0 Å². The number of phenolic OH excluding ortho intramolecular Hbond substituents is 1. The van der Waals surface area contributed by atoms with Gasteiger partial charge in [0.2, 0.25) is 0 Å². The molecular formula is C6H3I2NO3. The molecule has 1 rings (SSSR count). The lowest BCUT2D eigenvalue weighted by Crippen LogP contribution is -1.93. The zero-order valence-corrected chi connectivity index (χ0v) is 9.94. The van der Waals surface area contributed by atoms with E-state index >= 15 is 0 Å². The third-order valence-electron chi connectivity index (χ3n) is 1.23. The lowest BCUT2D eigenvalue weighted by Gasteiger charge is -1.99. The summed E-state index contributed by atoms with van der Waals surface area (Å²) in [6.07, 6.45) is 0. The largest absolute Gasteiger partial charge is 0.502 e. The fourth-order valence-corrected chi connectivity index (χ4v) is 1.79. The molecule has 0 aromatic heterocycles. The summed E-state index contributed by atoms with van der Waals surface area (Å²) in [5.41, 5.74) is -0.220. The lowest BCUT2D eigenvalue weighted by atomic mass is 10.3. The van der Waals surface area contributed by atoms with Crippen LogP contribution in [0.25, 0.3) is 0 Å². The number of nitro benzene ring substituents is 1. The molecule has 12 heavy (non-hydrogen) atoms. The molecule has 0 amide bonds. The molecular weight excluding hydrogens is 388 g/mol. The van der Waals surface area contributed by atoms with Gasteiger partial charge in [-0.25, -0.2) is 0 Å². The molecule has 0 aliphatic carbocycles. The van der Waals surface area contributed by atoms with Gasteiger partial charge in [0.15, 0.2) is 5.75 Å². The van der Waals surface area contributed by atoms with Crippen LogP contribution in [0.5, 0.6) is 5.75 Å². The summed E-state index contributed by atoms with van der Waals surface area (Å²) in [5.74, 6) is -0.287. The maximum absolute atomic E-state index is 10.4. The summed E-state index contributed by atoms with van der Waals surface area (Å²) in [6, 6.07) is 2.95. The van der Waals surface area contributed by atoms with Gasteiger partial charge < -0.3 is 5.11 Å². The number of aromatic hydroxyl groups is 1. The number of phenols is 1. The van der Waals surface area contributed by atoms with Crippen molar-refractivity contribution < 1.29 is 10.0 Å². The number of rotatable bonds is 1. The highest BCUT2D eigenvalue weighted by Gasteiger charge is 2.19. The van der Waals surface area contributed by atoms with E-state index in [0.29, 0.717) is 3.57 Å². The molecule has 6 heteroatoms. The van der Waals surface area contributed by atoms with Crippen molar-refractivity contribution in [3.05, 3.63) is 29.4 Å². The summed E-state index contributed by atoms with van der Waals surface area (Å²) >= 11 is 3.81. The van der Waals surface area contributed by atoms with E-state index in [9.17, 15) is 10.1 Å². The second-order valence-electron chi connectivity index (χ2n) is 1.99. The average Bonchev–Trinajstić information content (AvgIpc) is 1.97. The van der Waals surface area contributed by atoms with Gasteiger partial charge in [-0.05, 0) is 57.3 Å². The van der Waals surface area contributed by atoms with E-state index in [0.717, 1.165) is 3.57 Å². The second kappa shape index (κ2) is 3.73. The summed E-state index contributed by atoms with van der Waals surface area (Å²) in [7, 11) is 0. The van der Waals surface area contributed by atoms with E-state index in [4.69, 9.17) is 5.11 Å². The predicted octanol–water partition coefficient (Wildman–Crippen LogP) is 2.51. The van der Waals surface area contributed by atoms with Crippen molar-refractivity contribution in [2.24, 2.45) is 0 Å². The van der Waals surface area contributed by atoms with Gasteiger partial charge in [-0.15, -0.1) is 0 Å². The molecule has 0 bridgehead atoms. The maximum atomic E-state index is 10.4. The van der Waals surface area contributed by atoms with Crippen LogP contribution in [0.3, 0.4) is 0 Å². The molecule has 0 aliphatic rings. The smallest absolute Gasteiger partial charge is 0.324 e. The first kappa shape index (κ1) is 9.96. The first-order chi connectivity index (χ1) is 5.54. The summed E-state index contributed by atoms with van der Waals surface area (Å²) in [5, 5.41) is 19.6. The van der Waals surface area contributed by atoms with Crippen molar-refractivity contribution in [1.82, 2.24) is 0 Å². The zero-order valence-electron chi connectivity index (χ0n) is 5.62. The van der Waals surface area contributed by atoms with Crippen LogP contribution in [0.15, 0.2) is 12.1 Å². The third-order valence-corrected chi connectivity index (χ3v) is 4.25. The quantitative estimate of drug-likeness (QED) is 0.455. The molecule has 0 aliphatic heterocycles. The van der Waals surface area contributed by atoms with E-state index in [1.54, 1.807) is 6.07 Å². The number of hydrogen-bond acceptors (Lipinski definition) is 3. The Morgan fingerprint density at radius 1 is 1.42 bits per heavy atom. The summed E-state index contributed by atoms with van der Waals surface area (Å²) in [6.45, 7) is 0. The number of halogens is 2. The van der Waals surface area contributed by atoms with E-state index in [1.165, 1.54) is 6.07 Å². The zero-order chi connectivity index (χ0) is 9.30. The Balaban J connectivity index is 3.43. The van der Waals surface area contributed by atoms with Crippen LogP contribution in [0, 0.1) is 17.3 Å². The molecule has 1 aromatic carbocycles. The van der Waals surface area contributed by atoms with E-state index in [2.05, 4.69) is 0 Å². The Hall–Kier alpha value is -0.120. The minimum Gasteiger partial charge on any atom is -0.502 e. The van der Waals surface area contributed by atoms with Crippen LogP contribution >= 0.6 is 45.2 Å². The number of benzene rings is 1. The van der Waals surface area contributed by atoms with Crippen molar-refractivity contribution in [1.29, 1.82) is 0 Å². The normalized spacial score (nSPS) is 9.83. The van der Waals surface area contributed by atoms with Gasteiger partial charge in [0.25, 0.3) is 0 Å². The minimum atomic E-state index is -0.584. The highest BCUT2D eigenvalue weighted by Crippen LogP contribution is 2.33. The first-order valence-electron chi connectivity index (χ1n) is 2.85. The van der Waals surface area contributed by atoms with Gasteiger partial charge in [0.1, 0.15) is 3.57 Å². The molecule has 0 saturated carbocycles. The van der Waals surface area contributed by atoms with Crippen molar-refractivity contribution in [2.45, 2.75) is 0 Å². The maximum Gasteiger partial charge on any atom is 0.324 e. The standard InChI is InChI=1S/C6H3I2NO3/c7-3-1-2-4(10)6(5(3)8)9(11)12/h1-2,10H. The van der Waals surface area contributed by atoms with Gasteiger partial charge in [0.05, 0.1) is 4.92 Å². The van der Waals surface area contributed by atoms with Crippen LogP contribution in [0.4, 0.5) is 5.69 Å². The molecule has 64 valence electrons. The minimum absolute atomic E-state index is 0.220. The Bertz CT molecular complexity index is 340. The van der Waals surface area contributed by atoms with Crippen molar-refractivity contribution in [3.63, 3.8) is 0 Å². The fourth-order valence-electron chi connectivity index (χ4n) is 0.703. The van der Waals surface area contributed by atoms with Gasteiger partial charge >= 0.3 is 5.69 Å². The molecule has 0 fully saturated rings. The van der Waals surface area contributed by atoms with E-state index in [-0.39, 0.29) is 11.4 Å². The van der Waals surface area contributed by atoms with Gasteiger partial charge in [0, 0.05) is 3.57 Å². The summed E-state index contributed by atoms with van der Waals surface area (Å²) < 4.78 is 1.23. The van der Waals surface area contributed by atoms with Crippen molar-refractivity contribution >= 4 is 50.9 Å². The Labute approximate surface area is 95.4 Å². The Kier molecular flexibility index (Phi) is 3.09. The molecule has 0 saturated heterocycles. The molecule has 1 N–H and O–H groups in total. The van der Waals surface area contributed by atoms with Gasteiger partial charge in [-0.2, -0.15) is 0 Å². The first-order valence-corrected chi connectivity index (χ1v) is 5.01. The van der Waals surface area contributed by atoms with Crippen LogP contribution in [0.2, 0.25) is 0 Å². The van der Waals surface area contributed by atoms with Crippen molar-refractivity contribution in [3.8, 4) is 5.75 Å². The number of nitrogens with zero attached hydrogens (tertiary/aromatic N) is 1. The highest BCUT2D eigenvalue weighted by atomic mass is 127. The Morgan fingerprint density at radius 3 is 2.42 bits per heavy atom. The topological polar surface area (TPSA) is 63.4 Å². The van der Waals surface area contributed by atoms with E-state index < -0.39 is 4.92 Å². The fraction of sp³-hybridized carbons (Fsp3) is 0. The summed E-state index contributed by atoms with van der Waals surface area (Å²) in [4.78, 5) is 9.85. The SMILES string of the molecule is O=[N+]([O-])c1c(O)ccc(I)c1I.